The average Bonchev–Trinajstić information content (AvgIpc) is 2.72. The Balaban J connectivity index is 2.56. The van der Waals surface area contributed by atoms with Crippen molar-refractivity contribution >= 4 is 15.9 Å². The van der Waals surface area contributed by atoms with Crippen LogP contribution in [0.3, 0.4) is 0 Å². The van der Waals surface area contributed by atoms with Gasteiger partial charge in [-0.2, -0.15) is 5.10 Å². The molecule has 3 heteroatoms. The highest BCUT2D eigenvalue weighted by Crippen LogP contribution is 2.24. The van der Waals surface area contributed by atoms with Crippen molar-refractivity contribution in [1.82, 2.24) is 9.78 Å². The molecule has 2 nitrogen and oxygen atoms in total. The Hall–Kier alpha value is -1.09. The van der Waals surface area contributed by atoms with Crippen molar-refractivity contribution in [1.29, 1.82) is 0 Å². The van der Waals surface area contributed by atoms with Crippen LogP contribution in [0.5, 0.6) is 0 Å². The molecule has 0 saturated carbocycles. The number of benzene rings is 1. The van der Waals surface area contributed by atoms with E-state index in [0.29, 0.717) is 5.92 Å². The molecule has 0 saturated heterocycles. The highest BCUT2D eigenvalue weighted by molar-refractivity contribution is 9.08. The zero-order chi connectivity index (χ0) is 12.4. The quantitative estimate of drug-likeness (QED) is 0.776. The predicted octanol–water partition coefficient (Wildman–Crippen LogP) is 4.20. The second kappa shape index (κ2) is 5.05. The summed E-state index contributed by atoms with van der Waals surface area (Å²) in [6.45, 7) is 6.51. The Bertz CT molecular complexity index is 515. The van der Waals surface area contributed by atoms with Crippen molar-refractivity contribution in [2.45, 2.75) is 32.0 Å². The first kappa shape index (κ1) is 12.4. The number of halogens is 1. The maximum atomic E-state index is 4.51. The van der Waals surface area contributed by atoms with Crippen LogP contribution >= 0.6 is 15.9 Å². The third kappa shape index (κ3) is 2.44. The highest BCUT2D eigenvalue weighted by Gasteiger charge is 2.14. The van der Waals surface area contributed by atoms with E-state index in [9.17, 15) is 0 Å². The van der Waals surface area contributed by atoms with Gasteiger partial charge in [-0.1, -0.05) is 41.9 Å². The van der Waals surface area contributed by atoms with E-state index >= 15 is 0 Å². The van der Waals surface area contributed by atoms with Crippen molar-refractivity contribution in [3.8, 4) is 5.69 Å². The second-order valence-corrected chi connectivity index (χ2v) is 5.15. The van der Waals surface area contributed by atoms with E-state index in [1.807, 2.05) is 10.9 Å². The number of aryl methyl sites for hydroxylation is 1. The fraction of sp³-hybridized carbons (Fsp3) is 0.357. The van der Waals surface area contributed by atoms with Gasteiger partial charge in [0.15, 0.2) is 0 Å². The summed E-state index contributed by atoms with van der Waals surface area (Å²) in [7, 11) is 0. The minimum absolute atomic E-state index is 0.463. The summed E-state index contributed by atoms with van der Waals surface area (Å²) in [5, 5.41) is 5.36. The molecule has 0 spiro atoms. The van der Waals surface area contributed by atoms with Crippen molar-refractivity contribution in [3.05, 3.63) is 47.3 Å². The van der Waals surface area contributed by atoms with Crippen molar-refractivity contribution in [2.75, 3.05) is 0 Å². The molecule has 0 aliphatic rings. The standard InChI is InChI=1S/C14H17BrN2/c1-10(2)14-12(8-15)9-16-17(14)13-6-4-5-11(3)7-13/h4-7,9-10H,8H2,1-3H3. The summed E-state index contributed by atoms with van der Waals surface area (Å²) in [6.07, 6.45) is 1.95. The number of nitrogens with zero attached hydrogens (tertiary/aromatic N) is 2. The largest absolute Gasteiger partial charge is 0.237 e. The molecule has 0 bridgehead atoms. The number of hydrogen-bond donors (Lipinski definition) is 0. The Labute approximate surface area is 111 Å². The molecule has 17 heavy (non-hydrogen) atoms. The van der Waals surface area contributed by atoms with Crippen LogP contribution in [0.1, 0.15) is 36.6 Å². The summed E-state index contributed by atoms with van der Waals surface area (Å²) in [5.41, 5.74) is 4.95. The van der Waals surface area contributed by atoms with E-state index in [1.54, 1.807) is 0 Å². The molecule has 90 valence electrons. The molecule has 0 N–H and O–H groups in total. The van der Waals surface area contributed by atoms with Crippen LogP contribution in [0.25, 0.3) is 5.69 Å². The Morgan fingerprint density at radius 1 is 1.35 bits per heavy atom. The molecule has 0 aliphatic heterocycles. The van der Waals surface area contributed by atoms with Gasteiger partial charge >= 0.3 is 0 Å². The fourth-order valence-electron chi connectivity index (χ4n) is 2.08. The van der Waals surface area contributed by atoms with E-state index in [4.69, 9.17) is 0 Å². The highest BCUT2D eigenvalue weighted by atomic mass is 79.9. The summed E-state index contributed by atoms with van der Waals surface area (Å²) in [6, 6.07) is 8.44. The average molecular weight is 293 g/mol. The van der Waals surface area contributed by atoms with E-state index in [0.717, 1.165) is 11.0 Å². The molecule has 0 aliphatic carbocycles. The van der Waals surface area contributed by atoms with Gasteiger partial charge in [0.2, 0.25) is 0 Å². The normalized spacial score (nSPS) is 11.1. The van der Waals surface area contributed by atoms with Crippen molar-refractivity contribution in [2.24, 2.45) is 0 Å². The first-order valence-electron chi connectivity index (χ1n) is 5.83. The molecule has 0 atom stereocenters. The van der Waals surface area contributed by atoms with Gasteiger partial charge in [0.05, 0.1) is 17.6 Å². The first-order chi connectivity index (χ1) is 8.13. The zero-order valence-corrected chi connectivity index (χ0v) is 12.0. The van der Waals surface area contributed by atoms with Gasteiger partial charge < -0.3 is 0 Å². The van der Waals surface area contributed by atoms with Crippen LogP contribution in [-0.4, -0.2) is 9.78 Å². The van der Waals surface area contributed by atoms with Crippen LogP contribution in [0.2, 0.25) is 0 Å². The topological polar surface area (TPSA) is 17.8 Å². The Morgan fingerprint density at radius 2 is 2.12 bits per heavy atom. The molecule has 2 aromatic rings. The lowest BCUT2D eigenvalue weighted by Gasteiger charge is -2.12. The summed E-state index contributed by atoms with van der Waals surface area (Å²) >= 11 is 3.52. The molecule has 0 fully saturated rings. The summed E-state index contributed by atoms with van der Waals surface area (Å²) in [5.74, 6) is 0.463. The molecule has 1 heterocycles. The van der Waals surface area contributed by atoms with Gasteiger partial charge in [0.1, 0.15) is 0 Å². The fourth-order valence-corrected chi connectivity index (χ4v) is 2.51. The molecule has 0 unspecified atom stereocenters. The molecular weight excluding hydrogens is 276 g/mol. The van der Waals surface area contributed by atoms with Gasteiger partial charge in [0, 0.05) is 10.9 Å². The molecule has 0 radical (unpaired) electrons. The lowest BCUT2D eigenvalue weighted by Crippen LogP contribution is -2.05. The van der Waals surface area contributed by atoms with Gasteiger partial charge in [-0.15, -0.1) is 0 Å². The minimum Gasteiger partial charge on any atom is -0.237 e. The Morgan fingerprint density at radius 3 is 2.71 bits per heavy atom. The van der Waals surface area contributed by atoms with E-state index in [-0.39, 0.29) is 0 Å². The van der Waals surface area contributed by atoms with Crippen molar-refractivity contribution < 1.29 is 0 Å². The van der Waals surface area contributed by atoms with Crippen LogP contribution in [0.15, 0.2) is 30.5 Å². The predicted molar refractivity (Wildman–Crippen MR) is 75.0 cm³/mol. The lowest BCUT2D eigenvalue weighted by atomic mass is 10.1. The van der Waals surface area contributed by atoms with Gasteiger partial charge in [-0.25, -0.2) is 4.68 Å². The van der Waals surface area contributed by atoms with E-state index in [2.05, 4.69) is 66.1 Å². The molecule has 0 amide bonds. The van der Waals surface area contributed by atoms with Gasteiger partial charge in [-0.3, -0.25) is 0 Å². The Kier molecular flexibility index (Phi) is 3.67. The number of rotatable bonds is 3. The SMILES string of the molecule is Cc1cccc(-n2ncc(CBr)c2C(C)C)c1. The smallest absolute Gasteiger partial charge is 0.0651 e. The van der Waals surface area contributed by atoms with Crippen LogP contribution in [0.4, 0.5) is 0 Å². The maximum Gasteiger partial charge on any atom is 0.0651 e. The number of alkyl halides is 1. The van der Waals surface area contributed by atoms with Gasteiger partial charge in [-0.05, 0) is 30.5 Å². The van der Waals surface area contributed by atoms with Gasteiger partial charge in [0.25, 0.3) is 0 Å². The minimum atomic E-state index is 0.463. The third-order valence-electron chi connectivity index (χ3n) is 2.82. The molecule has 2 rings (SSSR count). The number of aromatic nitrogens is 2. The third-order valence-corrected chi connectivity index (χ3v) is 3.43. The second-order valence-electron chi connectivity index (χ2n) is 4.59. The van der Waals surface area contributed by atoms with E-state index in [1.165, 1.54) is 16.8 Å². The number of hydrogen-bond acceptors (Lipinski definition) is 1. The lowest BCUT2D eigenvalue weighted by molar-refractivity contribution is 0.729. The zero-order valence-electron chi connectivity index (χ0n) is 10.4. The van der Waals surface area contributed by atoms with Crippen LogP contribution < -0.4 is 0 Å². The molecule has 1 aromatic heterocycles. The molecular formula is C14H17BrN2. The summed E-state index contributed by atoms with van der Waals surface area (Å²) < 4.78 is 2.05. The maximum absolute atomic E-state index is 4.51. The monoisotopic (exact) mass is 292 g/mol. The summed E-state index contributed by atoms with van der Waals surface area (Å²) in [4.78, 5) is 0. The van der Waals surface area contributed by atoms with E-state index < -0.39 is 0 Å². The molecule has 1 aromatic carbocycles. The van der Waals surface area contributed by atoms with Crippen LogP contribution in [0, 0.1) is 6.92 Å². The van der Waals surface area contributed by atoms with Crippen molar-refractivity contribution in [3.63, 3.8) is 0 Å². The van der Waals surface area contributed by atoms with Crippen LogP contribution in [-0.2, 0) is 5.33 Å². The first-order valence-corrected chi connectivity index (χ1v) is 6.95.